The highest BCUT2D eigenvalue weighted by molar-refractivity contribution is 7.09. The molecule has 1 N–H and O–H groups in total. The van der Waals surface area contributed by atoms with E-state index in [2.05, 4.69) is 20.6 Å². The number of nitrogens with zero attached hydrogens (tertiary/aromatic N) is 2. The minimum atomic E-state index is 0.319. The first-order chi connectivity index (χ1) is 7.78. The number of nitrogens with one attached hydrogen (secondary N) is 1. The molecule has 0 saturated carbocycles. The fraction of sp³-hybridized carbons (Fsp3) is 0.727. The Balaban J connectivity index is 1.85. The van der Waals surface area contributed by atoms with Gasteiger partial charge in [0.25, 0.3) is 0 Å². The molecule has 0 aromatic carbocycles. The van der Waals surface area contributed by atoms with Crippen molar-refractivity contribution in [2.45, 2.75) is 19.6 Å². The van der Waals surface area contributed by atoms with Crippen LogP contribution in [0, 0.1) is 6.92 Å². The molecule has 2 rings (SSSR count). The lowest BCUT2D eigenvalue weighted by Crippen LogP contribution is -2.45. The summed E-state index contributed by atoms with van der Waals surface area (Å²) in [4.78, 5) is 6.92. The van der Waals surface area contributed by atoms with Crippen LogP contribution >= 0.6 is 11.3 Å². The van der Waals surface area contributed by atoms with Crippen LogP contribution in [0.15, 0.2) is 5.38 Å². The van der Waals surface area contributed by atoms with Gasteiger partial charge in [0.15, 0.2) is 0 Å². The first kappa shape index (κ1) is 12.0. The minimum Gasteiger partial charge on any atom is -0.374 e. The number of hydrogen-bond acceptors (Lipinski definition) is 5. The molecule has 1 fully saturated rings. The normalized spacial score (nSPS) is 22.5. The van der Waals surface area contributed by atoms with Gasteiger partial charge in [0, 0.05) is 30.7 Å². The van der Waals surface area contributed by atoms with Crippen LogP contribution in [-0.4, -0.2) is 49.3 Å². The average molecular weight is 241 g/mol. The van der Waals surface area contributed by atoms with Crippen molar-refractivity contribution in [1.29, 1.82) is 0 Å². The number of rotatable bonds is 4. The summed E-state index contributed by atoms with van der Waals surface area (Å²) < 4.78 is 5.67. The van der Waals surface area contributed by atoms with Crippen molar-refractivity contribution in [3.8, 4) is 0 Å². The molecule has 0 radical (unpaired) electrons. The van der Waals surface area contributed by atoms with E-state index in [0.717, 1.165) is 38.5 Å². The van der Waals surface area contributed by atoms with Gasteiger partial charge in [0.2, 0.25) is 0 Å². The lowest BCUT2D eigenvalue weighted by atomic mass is 10.2. The number of thiazole rings is 1. The third kappa shape index (κ3) is 3.25. The highest BCUT2D eigenvalue weighted by Gasteiger charge is 2.20. The number of aromatic nitrogens is 1. The van der Waals surface area contributed by atoms with Crippen molar-refractivity contribution >= 4 is 11.3 Å². The Labute approximate surface area is 101 Å². The Hall–Kier alpha value is -0.490. The van der Waals surface area contributed by atoms with Crippen LogP contribution in [0.4, 0.5) is 0 Å². The summed E-state index contributed by atoms with van der Waals surface area (Å²) in [6.07, 6.45) is 0.319. The van der Waals surface area contributed by atoms with Gasteiger partial charge in [-0.2, -0.15) is 0 Å². The molecule has 1 aliphatic heterocycles. The molecule has 1 saturated heterocycles. The predicted molar refractivity (Wildman–Crippen MR) is 65.8 cm³/mol. The second-order valence-electron chi connectivity index (χ2n) is 4.17. The monoisotopic (exact) mass is 241 g/mol. The lowest BCUT2D eigenvalue weighted by molar-refractivity contribution is -0.0291. The number of aryl methyl sites for hydroxylation is 1. The lowest BCUT2D eigenvalue weighted by Gasteiger charge is -2.32. The van der Waals surface area contributed by atoms with Crippen molar-refractivity contribution in [1.82, 2.24) is 15.2 Å². The zero-order valence-corrected chi connectivity index (χ0v) is 10.7. The van der Waals surface area contributed by atoms with Crippen LogP contribution in [0.2, 0.25) is 0 Å². The number of likely N-dealkylation sites (N-methyl/N-ethyl adjacent to an activating group) is 1. The zero-order valence-electron chi connectivity index (χ0n) is 9.90. The van der Waals surface area contributed by atoms with E-state index in [9.17, 15) is 0 Å². The van der Waals surface area contributed by atoms with E-state index in [1.807, 2.05) is 14.0 Å². The van der Waals surface area contributed by atoms with E-state index in [0.29, 0.717) is 6.10 Å². The van der Waals surface area contributed by atoms with Crippen molar-refractivity contribution in [3.05, 3.63) is 16.1 Å². The third-order valence-corrected chi connectivity index (χ3v) is 3.63. The average Bonchev–Trinajstić information content (AvgIpc) is 2.65. The maximum Gasteiger partial charge on any atom is 0.107 e. The second kappa shape index (κ2) is 5.72. The Morgan fingerprint density at radius 2 is 2.56 bits per heavy atom. The van der Waals surface area contributed by atoms with Gasteiger partial charge in [-0.15, -0.1) is 11.3 Å². The molecule has 1 aliphatic rings. The molecule has 0 spiro atoms. The molecule has 4 nitrogen and oxygen atoms in total. The number of hydrogen-bond donors (Lipinski definition) is 1. The van der Waals surface area contributed by atoms with Crippen LogP contribution in [0.3, 0.4) is 0 Å². The summed E-state index contributed by atoms with van der Waals surface area (Å²) in [5.74, 6) is 0. The zero-order chi connectivity index (χ0) is 11.4. The highest BCUT2D eigenvalue weighted by atomic mass is 32.1. The van der Waals surface area contributed by atoms with E-state index in [-0.39, 0.29) is 0 Å². The van der Waals surface area contributed by atoms with E-state index in [1.165, 1.54) is 5.01 Å². The van der Waals surface area contributed by atoms with Crippen molar-refractivity contribution in [3.63, 3.8) is 0 Å². The van der Waals surface area contributed by atoms with Crippen LogP contribution in [0.25, 0.3) is 0 Å². The molecule has 1 unspecified atom stereocenters. The summed E-state index contributed by atoms with van der Waals surface area (Å²) in [5.41, 5.74) is 1.13. The predicted octanol–water partition coefficient (Wildman–Crippen LogP) is 0.872. The molecule has 1 aromatic heterocycles. The molecule has 1 atom stereocenters. The van der Waals surface area contributed by atoms with Gasteiger partial charge < -0.3 is 10.1 Å². The quantitative estimate of drug-likeness (QED) is 0.849. The van der Waals surface area contributed by atoms with E-state index in [4.69, 9.17) is 4.74 Å². The highest BCUT2D eigenvalue weighted by Crippen LogP contribution is 2.14. The second-order valence-corrected chi connectivity index (χ2v) is 5.11. The van der Waals surface area contributed by atoms with Crippen LogP contribution in [0.5, 0.6) is 0 Å². The van der Waals surface area contributed by atoms with Crippen molar-refractivity contribution in [2.24, 2.45) is 0 Å². The van der Waals surface area contributed by atoms with Gasteiger partial charge >= 0.3 is 0 Å². The molecule has 1 aromatic rings. The third-order valence-electron chi connectivity index (χ3n) is 2.68. The molecular formula is C11H19N3OS. The molecule has 5 heteroatoms. The summed E-state index contributed by atoms with van der Waals surface area (Å²) in [6, 6.07) is 0. The van der Waals surface area contributed by atoms with Crippen LogP contribution in [-0.2, 0) is 11.3 Å². The van der Waals surface area contributed by atoms with Gasteiger partial charge in [-0.1, -0.05) is 0 Å². The van der Waals surface area contributed by atoms with E-state index in [1.54, 1.807) is 11.3 Å². The first-order valence-corrected chi connectivity index (χ1v) is 6.55. The van der Waals surface area contributed by atoms with Gasteiger partial charge in [0.1, 0.15) is 5.01 Å². The number of ether oxygens (including phenoxy) is 1. The van der Waals surface area contributed by atoms with Gasteiger partial charge in [0.05, 0.1) is 19.3 Å². The fourth-order valence-corrected chi connectivity index (χ4v) is 2.75. The van der Waals surface area contributed by atoms with Crippen LogP contribution in [0.1, 0.15) is 10.7 Å². The molecule has 16 heavy (non-hydrogen) atoms. The Bertz CT molecular complexity index is 327. The molecule has 0 bridgehead atoms. The van der Waals surface area contributed by atoms with Gasteiger partial charge in [-0.3, -0.25) is 4.90 Å². The van der Waals surface area contributed by atoms with E-state index >= 15 is 0 Å². The summed E-state index contributed by atoms with van der Waals surface area (Å²) in [7, 11) is 1.96. The summed E-state index contributed by atoms with van der Waals surface area (Å²) >= 11 is 1.75. The maximum absolute atomic E-state index is 5.67. The number of morpholine rings is 1. The molecular weight excluding hydrogens is 222 g/mol. The fourth-order valence-electron chi connectivity index (χ4n) is 1.94. The van der Waals surface area contributed by atoms with Crippen molar-refractivity contribution in [2.75, 3.05) is 33.3 Å². The molecule has 0 amide bonds. The Kier molecular flexibility index (Phi) is 4.29. The smallest absolute Gasteiger partial charge is 0.107 e. The molecule has 90 valence electrons. The van der Waals surface area contributed by atoms with Gasteiger partial charge in [-0.05, 0) is 14.0 Å². The minimum absolute atomic E-state index is 0.319. The SMILES string of the molecule is CNCC1CN(Cc2nc(C)cs2)CCO1. The van der Waals surface area contributed by atoms with Crippen molar-refractivity contribution < 1.29 is 4.74 Å². The molecule has 0 aliphatic carbocycles. The standard InChI is InChI=1S/C11H19N3OS/c1-9-8-16-11(13-9)7-14-3-4-15-10(6-14)5-12-2/h8,10,12H,3-7H2,1-2H3. The Morgan fingerprint density at radius 3 is 3.25 bits per heavy atom. The van der Waals surface area contributed by atoms with E-state index < -0.39 is 0 Å². The van der Waals surface area contributed by atoms with Crippen LogP contribution < -0.4 is 5.32 Å². The van der Waals surface area contributed by atoms with Gasteiger partial charge in [-0.25, -0.2) is 4.98 Å². The summed E-state index contributed by atoms with van der Waals surface area (Å²) in [5, 5.41) is 6.48. The topological polar surface area (TPSA) is 37.4 Å². The largest absolute Gasteiger partial charge is 0.374 e. The first-order valence-electron chi connectivity index (χ1n) is 5.67. The maximum atomic E-state index is 5.67. The summed E-state index contributed by atoms with van der Waals surface area (Å²) in [6.45, 7) is 6.77. The Morgan fingerprint density at radius 1 is 1.69 bits per heavy atom. The molecule has 2 heterocycles.